The van der Waals surface area contributed by atoms with Gasteiger partial charge in [0.2, 0.25) is 0 Å². The molecule has 152 valence electrons. The van der Waals surface area contributed by atoms with Crippen LogP contribution in [0.3, 0.4) is 0 Å². The van der Waals surface area contributed by atoms with Gasteiger partial charge in [-0.3, -0.25) is 4.79 Å². The van der Waals surface area contributed by atoms with E-state index in [1.807, 2.05) is 22.8 Å². The maximum Gasteiger partial charge on any atom is 0.268 e. The largest absolute Gasteiger partial charge is 0.372 e. The molecule has 0 aliphatic rings. The molecule has 3 rings (SSSR count). The molecule has 3 aromatic rings. The maximum absolute atomic E-state index is 11.3. The predicted octanol–water partition coefficient (Wildman–Crippen LogP) is 4.21. The summed E-state index contributed by atoms with van der Waals surface area (Å²) < 4.78 is 8.11. The van der Waals surface area contributed by atoms with Crippen LogP contribution in [0.1, 0.15) is 45.6 Å². The number of rotatable bonds is 10. The highest BCUT2D eigenvalue weighted by Gasteiger charge is 2.13. The standard InChI is InChI=1S/C24H29N3O2/c1-18-8-6-11-21(19(18)2)12-7-13-22(29-16-20-9-4-3-5-10-20)14-27-15-23(24(25)28)26-17-27/h3-6,8-11,15,17,22H,7,12-14,16H2,1-2H3,(H2,25,28)/t22-/m0/s1. The van der Waals surface area contributed by atoms with Crippen LogP contribution in [-0.4, -0.2) is 21.6 Å². The SMILES string of the molecule is Cc1cccc(CCC[C@@H](Cn2cnc(C(N)=O)c2)OCc2ccccc2)c1C. The summed E-state index contributed by atoms with van der Waals surface area (Å²) in [4.78, 5) is 15.4. The zero-order valence-corrected chi connectivity index (χ0v) is 17.2. The van der Waals surface area contributed by atoms with Crippen LogP contribution in [0.25, 0.3) is 0 Å². The van der Waals surface area contributed by atoms with Gasteiger partial charge in [-0.15, -0.1) is 0 Å². The van der Waals surface area contributed by atoms with Crippen LogP contribution in [0.4, 0.5) is 0 Å². The average molecular weight is 392 g/mol. The van der Waals surface area contributed by atoms with Gasteiger partial charge in [0, 0.05) is 12.7 Å². The third-order valence-electron chi connectivity index (χ3n) is 5.32. The van der Waals surface area contributed by atoms with Crippen molar-refractivity contribution in [2.45, 2.75) is 52.4 Å². The zero-order chi connectivity index (χ0) is 20.6. The van der Waals surface area contributed by atoms with Gasteiger partial charge in [0.15, 0.2) is 0 Å². The Morgan fingerprint density at radius 2 is 1.93 bits per heavy atom. The molecule has 0 aliphatic carbocycles. The monoisotopic (exact) mass is 391 g/mol. The second-order valence-corrected chi connectivity index (χ2v) is 7.49. The fourth-order valence-electron chi connectivity index (χ4n) is 3.44. The maximum atomic E-state index is 11.3. The molecule has 1 heterocycles. The molecule has 0 saturated heterocycles. The molecule has 0 unspecified atom stereocenters. The first-order valence-corrected chi connectivity index (χ1v) is 10.0. The molecule has 0 bridgehead atoms. The molecule has 0 aliphatic heterocycles. The lowest BCUT2D eigenvalue weighted by Gasteiger charge is -2.19. The number of aryl methyl sites for hydroxylation is 2. The van der Waals surface area contributed by atoms with Crippen molar-refractivity contribution < 1.29 is 9.53 Å². The highest BCUT2D eigenvalue weighted by atomic mass is 16.5. The van der Waals surface area contributed by atoms with Crippen LogP contribution in [0, 0.1) is 13.8 Å². The van der Waals surface area contributed by atoms with Crippen molar-refractivity contribution >= 4 is 5.91 Å². The van der Waals surface area contributed by atoms with Gasteiger partial charge in [0.25, 0.3) is 5.91 Å². The molecule has 1 aromatic heterocycles. The Morgan fingerprint density at radius 3 is 2.66 bits per heavy atom. The molecular weight excluding hydrogens is 362 g/mol. The number of carbonyl (C=O) groups is 1. The van der Waals surface area contributed by atoms with Crippen molar-refractivity contribution in [3.63, 3.8) is 0 Å². The van der Waals surface area contributed by atoms with E-state index in [-0.39, 0.29) is 11.8 Å². The Hall–Kier alpha value is -2.92. The first-order chi connectivity index (χ1) is 14.0. The predicted molar refractivity (Wildman–Crippen MR) is 115 cm³/mol. The number of amides is 1. The van der Waals surface area contributed by atoms with Gasteiger partial charge in [-0.25, -0.2) is 4.98 Å². The van der Waals surface area contributed by atoms with E-state index in [0.29, 0.717) is 13.2 Å². The summed E-state index contributed by atoms with van der Waals surface area (Å²) in [6.45, 7) is 5.54. The van der Waals surface area contributed by atoms with Crippen LogP contribution in [0.5, 0.6) is 0 Å². The summed E-state index contributed by atoms with van der Waals surface area (Å²) in [5, 5.41) is 0. The molecule has 2 aromatic carbocycles. The van der Waals surface area contributed by atoms with Crippen molar-refractivity contribution in [2.75, 3.05) is 0 Å². The first kappa shape index (κ1) is 20.8. The van der Waals surface area contributed by atoms with E-state index < -0.39 is 5.91 Å². The lowest BCUT2D eigenvalue weighted by atomic mass is 9.98. The molecule has 2 N–H and O–H groups in total. The van der Waals surface area contributed by atoms with Crippen molar-refractivity contribution in [2.24, 2.45) is 5.73 Å². The summed E-state index contributed by atoms with van der Waals surface area (Å²) in [7, 11) is 0. The van der Waals surface area contributed by atoms with E-state index in [1.165, 1.54) is 16.7 Å². The number of nitrogens with two attached hydrogens (primary N) is 1. The molecule has 5 heteroatoms. The number of primary amides is 1. The Kier molecular flexibility index (Phi) is 7.19. The van der Waals surface area contributed by atoms with E-state index in [2.05, 4.69) is 49.2 Å². The number of ether oxygens (including phenoxy) is 1. The van der Waals surface area contributed by atoms with Crippen molar-refractivity contribution in [3.8, 4) is 0 Å². The zero-order valence-electron chi connectivity index (χ0n) is 17.2. The highest BCUT2D eigenvalue weighted by Crippen LogP contribution is 2.17. The van der Waals surface area contributed by atoms with Crippen LogP contribution in [0.2, 0.25) is 0 Å². The second-order valence-electron chi connectivity index (χ2n) is 7.49. The number of nitrogens with zero attached hydrogens (tertiary/aromatic N) is 2. The van der Waals surface area contributed by atoms with Crippen molar-refractivity contribution in [3.05, 3.63) is 89.0 Å². The summed E-state index contributed by atoms with van der Waals surface area (Å²) in [5.74, 6) is -0.513. The minimum Gasteiger partial charge on any atom is -0.372 e. The van der Waals surface area contributed by atoms with E-state index in [4.69, 9.17) is 10.5 Å². The van der Waals surface area contributed by atoms with E-state index in [9.17, 15) is 4.79 Å². The first-order valence-electron chi connectivity index (χ1n) is 10.0. The number of imidazole rings is 1. The molecule has 29 heavy (non-hydrogen) atoms. The Bertz CT molecular complexity index is 934. The Labute approximate surface area is 172 Å². The fourth-order valence-corrected chi connectivity index (χ4v) is 3.44. The van der Waals surface area contributed by atoms with E-state index in [1.54, 1.807) is 12.5 Å². The summed E-state index contributed by atoms with van der Waals surface area (Å²) >= 11 is 0. The van der Waals surface area contributed by atoms with Crippen LogP contribution < -0.4 is 5.73 Å². The molecule has 5 nitrogen and oxygen atoms in total. The van der Waals surface area contributed by atoms with Crippen molar-refractivity contribution in [1.29, 1.82) is 0 Å². The van der Waals surface area contributed by atoms with Crippen LogP contribution >= 0.6 is 0 Å². The summed E-state index contributed by atoms with van der Waals surface area (Å²) in [5.41, 5.74) is 10.8. The third-order valence-corrected chi connectivity index (χ3v) is 5.32. The molecule has 1 amide bonds. The molecule has 0 saturated carbocycles. The van der Waals surface area contributed by atoms with E-state index in [0.717, 1.165) is 24.8 Å². The Morgan fingerprint density at radius 1 is 1.14 bits per heavy atom. The van der Waals surface area contributed by atoms with Gasteiger partial charge >= 0.3 is 0 Å². The Balaban J connectivity index is 1.62. The summed E-state index contributed by atoms with van der Waals surface area (Å²) in [6.07, 6.45) is 6.33. The quantitative estimate of drug-likeness (QED) is 0.563. The van der Waals surface area contributed by atoms with Gasteiger partial charge in [-0.1, -0.05) is 48.5 Å². The van der Waals surface area contributed by atoms with Gasteiger partial charge in [0.1, 0.15) is 5.69 Å². The molecule has 0 spiro atoms. The van der Waals surface area contributed by atoms with Crippen LogP contribution in [-0.2, 0) is 24.3 Å². The van der Waals surface area contributed by atoms with E-state index >= 15 is 0 Å². The summed E-state index contributed by atoms with van der Waals surface area (Å²) in [6, 6.07) is 16.6. The lowest BCUT2D eigenvalue weighted by molar-refractivity contribution is 0.0225. The lowest BCUT2D eigenvalue weighted by Crippen LogP contribution is -2.20. The van der Waals surface area contributed by atoms with Gasteiger partial charge in [-0.2, -0.15) is 0 Å². The molecule has 0 radical (unpaired) electrons. The minimum atomic E-state index is -0.513. The smallest absolute Gasteiger partial charge is 0.268 e. The molecule has 1 atom stereocenters. The topological polar surface area (TPSA) is 70.1 Å². The normalized spacial score (nSPS) is 12.1. The van der Waals surface area contributed by atoms with Gasteiger partial charge in [-0.05, 0) is 55.4 Å². The van der Waals surface area contributed by atoms with Crippen LogP contribution in [0.15, 0.2) is 61.1 Å². The van der Waals surface area contributed by atoms with Gasteiger partial charge in [0.05, 0.1) is 19.0 Å². The average Bonchev–Trinajstić information content (AvgIpc) is 3.19. The highest BCUT2D eigenvalue weighted by molar-refractivity contribution is 5.90. The minimum absolute atomic E-state index is 0.0234. The third kappa shape index (κ3) is 6.03. The van der Waals surface area contributed by atoms with Crippen molar-refractivity contribution in [1.82, 2.24) is 9.55 Å². The number of aromatic nitrogens is 2. The molecule has 0 fully saturated rings. The van der Waals surface area contributed by atoms with Gasteiger partial charge < -0.3 is 15.0 Å². The number of hydrogen-bond donors (Lipinski definition) is 1. The fraction of sp³-hybridized carbons (Fsp3) is 0.333. The molecular formula is C24H29N3O2. The second kappa shape index (κ2) is 10.0. The number of carbonyl (C=O) groups excluding carboxylic acids is 1. The number of benzene rings is 2. The number of hydrogen-bond acceptors (Lipinski definition) is 3.